The van der Waals surface area contributed by atoms with Gasteiger partial charge in [0.2, 0.25) is 0 Å². The topological polar surface area (TPSA) is 77.1 Å². The predicted molar refractivity (Wildman–Crippen MR) is 157 cm³/mol. The maximum absolute atomic E-state index is 12.8. The molecule has 40 heavy (non-hydrogen) atoms. The summed E-state index contributed by atoms with van der Waals surface area (Å²) in [4.78, 5) is 26.7. The zero-order valence-corrected chi connectivity index (χ0v) is 25.0. The maximum Gasteiger partial charge on any atom is 0.411 e. The molecular weight excluding hydrogens is 504 g/mol. The van der Waals surface area contributed by atoms with E-state index >= 15 is 0 Å². The van der Waals surface area contributed by atoms with Crippen molar-refractivity contribution in [2.45, 2.75) is 96.4 Å². The summed E-state index contributed by atoms with van der Waals surface area (Å²) < 4.78 is 16.9. The van der Waals surface area contributed by atoms with Crippen LogP contribution in [0.15, 0.2) is 42.5 Å². The molecule has 1 aliphatic heterocycles. The molecule has 0 spiro atoms. The van der Waals surface area contributed by atoms with Gasteiger partial charge in [0.05, 0.1) is 13.7 Å². The number of nitrogens with one attached hydrogen (secondary N) is 1. The van der Waals surface area contributed by atoms with Crippen molar-refractivity contribution in [3.63, 3.8) is 0 Å². The van der Waals surface area contributed by atoms with Gasteiger partial charge in [0.25, 0.3) is 0 Å². The van der Waals surface area contributed by atoms with E-state index in [1.165, 1.54) is 54.4 Å². The van der Waals surface area contributed by atoms with E-state index in [4.69, 9.17) is 14.2 Å². The second kappa shape index (κ2) is 13.1. The lowest BCUT2D eigenvalue weighted by atomic mass is 9.75. The number of aryl methyl sites for hydroxylation is 1. The summed E-state index contributed by atoms with van der Waals surface area (Å²) >= 11 is 0. The molecule has 2 fully saturated rings. The first-order valence-electron chi connectivity index (χ1n) is 14.6. The lowest BCUT2D eigenvalue weighted by Crippen LogP contribution is -2.44. The molecule has 1 heterocycles. The van der Waals surface area contributed by atoms with E-state index < -0.39 is 23.7 Å². The lowest BCUT2D eigenvalue weighted by molar-refractivity contribution is -0.145. The molecular formula is C33H46N2O5. The number of rotatable bonds is 8. The molecule has 2 atom stereocenters. The van der Waals surface area contributed by atoms with E-state index in [0.717, 1.165) is 24.3 Å². The highest BCUT2D eigenvalue weighted by Crippen LogP contribution is 2.39. The lowest BCUT2D eigenvalue weighted by Gasteiger charge is -2.30. The molecule has 0 radical (unpaired) electrons. The van der Waals surface area contributed by atoms with Crippen molar-refractivity contribution in [1.29, 1.82) is 0 Å². The van der Waals surface area contributed by atoms with Crippen LogP contribution in [0, 0.1) is 12.8 Å². The number of hydrogen-bond acceptors (Lipinski definition) is 6. The normalized spacial score (nSPS) is 23.1. The van der Waals surface area contributed by atoms with Gasteiger partial charge in [0.15, 0.2) is 0 Å². The van der Waals surface area contributed by atoms with E-state index in [2.05, 4.69) is 48.6 Å². The number of amides is 1. The number of carbonyl (C=O) groups excluding carboxylic acids is 2. The molecule has 2 aromatic carbocycles. The number of benzene rings is 2. The first kappa shape index (κ1) is 29.9. The average Bonchev–Trinajstić information content (AvgIpc) is 3.32. The minimum atomic E-state index is -0.720. The summed E-state index contributed by atoms with van der Waals surface area (Å²) in [5.41, 5.74) is 4.69. The number of likely N-dealkylation sites (tertiary alicyclic amines) is 1. The van der Waals surface area contributed by atoms with Crippen LogP contribution in [0.4, 0.5) is 4.79 Å². The van der Waals surface area contributed by atoms with E-state index in [-0.39, 0.29) is 12.6 Å². The van der Waals surface area contributed by atoms with Crippen LogP contribution < -0.4 is 10.1 Å². The Morgan fingerprint density at radius 1 is 1.05 bits per heavy atom. The molecule has 4 rings (SSSR count). The molecule has 1 aliphatic carbocycles. The highest BCUT2D eigenvalue weighted by molar-refractivity contribution is 5.82. The van der Waals surface area contributed by atoms with Gasteiger partial charge in [-0.05, 0) is 113 Å². The summed E-state index contributed by atoms with van der Waals surface area (Å²) in [5, 5.41) is 3.31. The number of carbonyl (C=O) groups is 2. The largest absolute Gasteiger partial charge is 0.488 e. The Morgan fingerprint density at radius 3 is 2.45 bits per heavy atom. The molecule has 0 aromatic heterocycles. The number of methoxy groups -OCH3 is 1. The average molecular weight is 551 g/mol. The Hall–Kier alpha value is -3.06. The second-order valence-corrected chi connectivity index (χ2v) is 12.5. The molecule has 7 heteroatoms. The van der Waals surface area contributed by atoms with Gasteiger partial charge in [-0.1, -0.05) is 30.3 Å². The zero-order valence-electron chi connectivity index (χ0n) is 25.0. The zero-order chi connectivity index (χ0) is 28.9. The van der Waals surface area contributed by atoms with Crippen LogP contribution in [-0.4, -0.2) is 55.4 Å². The van der Waals surface area contributed by atoms with Gasteiger partial charge in [-0.3, -0.25) is 4.90 Å². The molecule has 1 amide bonds. The Labute approximate surface area is 239 Å². The van der Waals surface area contributed by atoms with Gasteiger partial charge in [-0.25, -0.2) is 9.59 Å². The van der Waals surface area contributed by atoms with E-state index in [1.54, 1.807) is 0 Å². The molecule has 2 aromatic rings. The van der Waals surface area contributed by atoms with E-state index in [1.807, 2.05) is 33.9 Å². The Bertz CT molecular complexity index is 1170. The highest BCUT2D eigenvalue weighted by atomic mass is 16.6. The first-order valence-corrected chi connectivity index (χ1v) is 14.6. The third-order valence-electron chi connectivity index (χ3n) is 8.01. The monoisotopic (exact) mass is 550 g/mol. The summed E-state index contributed by atoms with van der Waals surface area (Å²) in [5.74, 6) is 1.62. The van der Waals surface area contributed by atoms with Crippen molar-refractivity contribution in [2.75, 3.05) is 20.7 Å². The SMILES string of the molecule is CNCc1ccccc1C1CCC(Cc2cc(C)cc(O[C@H]3C[C@@H](C(=O)OC)N(C(=O)OC(C)(C)C)C3)c2)CC1. The molecule has 1 N–H and O–H groups in total. The Balaban J connectivity index is 1.38. The van der Waals surface area contributed by atoms with Crippen molar-refractivity contribution in [2.24, 2.45) is 5.92 Å². The van der Waals surface area contributed by atoms with E-state index in [9.17, 15) is 9.59 Å². The smallest absolute Gasteiger partial charge is 0.411 e. The molecule has 0 bridgehead atoms. The van der Waals surface area contributed by atoms with Gasteiger partial charge in [-0.2, -0.15) is 0 Å². The number of hydrogen-bond donors (Lipinski definition) is 1. The van der Waals surface area contributed by atoms with Crippen molar-refractivity contribution in [3.05, 3.63) is 64.7 Å². The first-order chi connectivity index (χ1) is 19.1. The van der Waals surface area contributed by atoms with Crippen LogP contribution in [0.5, 0.6) is 5.75 Å². The van der Waals surface area contributed by atoms with Gasteiger partial charge in [0, 0.05) is 13.0 Å². The van der Waals surface area contributed by atoms with Crippen molar-refractivity contribution < 1.29 is 23.8 Å². The van der Waals surface area contributed by atoms with Crippen LogP contribution >= 0.6 is 0 Å². The summed E-state index contributed by atoms with van der Waals surface area (Å²) in [6, 6.07) is 14.5. The minimum absolute atomic E-state index is 0.275. The van der Waals surface area contributed by atoms with Gasteiger partial charge >= 0.3 is 12.1 Å². The summed E-state index contributed by atoms with van der Waals surface area (Å²) in [6.45, 7) is 8.71. The van der Waals surface area contributed by atoms with Crippen LogP contribution in [0.2, 0.25) is 0 Å². The summed E-state index contributed by atoms with van der Waals surface area (Å²) in [6.07, 6.45) is 5.43. The van der Waals surface area contributed by atoms with Gasteiger partial charge < -0.3 is 19.5 Å². The van der Waals surface area contributed by atoms with Crippen LogP contribution in [0.25, 0.3) is 0 Å². The van der Waals surface area contributed by atoms with Crippen LogP contribution in [0.1, 0.15) is 81.0 Å². The molecule has 2 aliphatic rings. The fourth-order valence-corrected chi connectivity index (χ4v) is 6.26. The predicted octanol–water partition coefficient (Wildman–Crippen LogP) is 6.16. The number of nitrogens with zero attached hydrogens (tertiary/aromatic N) is 1. The van der Waals surface area contributed by atoms with Crippen LogP contribution in [0.3, 0.4) is 0 Å². The third kappa shape index (κ3) is 7.78. The van der Waals surface area contributed by atoms with Crippen molar-refractivity contribution in [3.8, 4) is 5.75 Å². The standard InChI is InChI=1S/C33H46N2O5/c1-22-15-24(17-23-11-13-25(14-12-23)29-10-8-7-9-26(29)20-34-5)18-27(16-22)39-28-19-30(31(36)38-6)35(21-28)32(37)40-33(2,3)4/h7-10,15-16,18,23,25,28,30,34H,11-14,17,19-21H2,1-6H3/t23?,25?,28-,30-/m0/s1. The van der Waals surface area contributed by atoms with Gasteiger partial charge in [0.1, 0.15) is 23.5 Å². The molecule has 0 unspecified atom stereocenters. The number of ether oxygens (including phenoxy) is 3. The quantitative estimate of drug-likeness (QED) is 0.397. The minimum Gasteiger partial charge on any atom is -0.488 e. The highest BCUT2D eigenvalue weighted by Gasteiger charge is 2.43. The molecule has 218 valence electrons. The third-order valence-corrected chi connectivity index (χ3v) is 8.01. The van der Waals surface area contributed by atoms with Crippen LogP contribution in [-0.2, 0) is 27.2 Å². The summed E-state index contributed by atoms with van der Waals surface area (Å²) in [7, 11) is 3.35. The second-order valence-electron chi connectivity index (χ2n) is 12.5. The molecule has 1 saturated carbocycles. The van der Waals surface area contributed by atoms with Crippen molar-refractivity contribution >= 4 is 12.1 Å². The molecule has 1 saturated heterocycles. The van der Waals surface area contributed by atoms with Crippen molar-refractivity contribution in [1.82, 2.24) is 10.2 Å². The Morgan fingerprint density at radius 2 is 1.77 bits per heavy atom. The number of esters is 1. The fraction of sp³-hybridized carbons (Fsp3) is 0.576. The van der Waals surface area contributed by atoms with Gasteiger partial charge in [-0.15, -0.1) is 0 Å². The maximum atomic E-state index is 12.8. The molecule has 7 nitrogen and oxygen atoms in total. The fourth-order valence-electron chi connectivity index (χ4n) is 6.26. The Kier molecular flexibility index (Phi) is 9.77. The van der Waals surface area contributed by atoms with E-state index in [0.29, 0.717) is 18.3 Å².